The molecule has 1 atom stereocenters. The Morgan fingerprint density at radius 3 is 2.40 bits per heavy atom. The number of unbranched alkanes of at least 4 members (excludes halogenated alkanes) is 1. The Morgan fingerprint density at radius 1 is 1.40 bits per heavy atom. The molecule has 0 fully saturated rings. The predicted molar refractivity (Wildman–Crippen MR) is 43.7 cm³/mol. The van der Waals surface area contributed by atoms with Crippen molar-refractivity contribution in [2.24, 2.45) is 5.73 Å². The quantitative estimate of drug-likeness (QED) is 0.473. The lowest BCUT2D eigenvalue weighted by molar-refractivity contribution is -0.0308. The first-order valence-corrected chi connectivity index (χ1v) is 4.05. The molecule has 0 aliphatic carbocycles. The molecule has 0 rings (SSSR count). The average molecular weight is 145 g/mol. The molecule has 2 nitrogen and oxygen atoms in total. The van der Waals surface area contributed by atoms with Crippen LogP contribution in [0.25, 0.3) is 0 Å². The molecule has 0 aromatic rings. The minimum Gasteiger partial charge on any atom is -0.361 e. The molecular formula is C8H19NO. The van der Waals surface area contributed by atoms with Gasteiger partial charge in [0.05, 0.1) is 0 Å². The Labute approximate surface area is 63.7 Å². The molecule has 1 unspecified atom stereocenters. The molecule has 0 spiro atoms. The first-order chi connectivity index (χ1) is 4.62. The second-order valence-corrected chi connectivity index (χ2v) is 2.87. The molecule has 0 aromatic carbocycles. The fourth-order valence-electron chi connectivity index (χ4n) is 0.552. The molecule has 2 N–H and O–H groups in total. The molecule has 0 saturated carbocycles. The van der Waals surface area contributed by atoms with E-state index in [9.17, 15) is 0 Å². The van der Waals surface area contributed by atoms with Gasteiger partial charge in [-0.05, 0) is 19.8 Å². The minimum atomic E-state index is -0.408. The van der Waals surface area contributed by atoms with E-state index in [1.54, 1.807) is 0 Å². The molecule has 0 aliphatic rings. The Morgan fingerprint density at radius 2 is 2.00 bits per heavy atom. The summed E-state index contributed by atoms with van der Waals surface area (Å²) in [5, 5.41) is 0. The Kier molecular flexibility index (Phi) is 4.65. The van der Waals surface area contributed by atoms with E-state index >= 15 is 0 Å². The van der Waals surface area contributed by atoms with Gasteiger partial charge in [0.2, 0.25) is 0 Å². The number of nitrogens with two attached hydrogens (primary N) is 1. The average Bonchev–Trinajstić information content (AvgIpc) is 1.89. The lowest BCUT2D eigenvalue weighted by Gasteiger charge is -2.22. The molecule has 0 amide bonds. The standard InChI is InChI=1S/C8H19NO/c1-4-6-7-10-8(3,9)5-2/h4-7,9H2,1-3H3. The van der Waals surface area contributed by atoms with Crippen LogP contribution in [0.15, 0.2) is 0 Å². The fraction of sp³-hybridized carbons (Fsp3) is 1.00. The molecule has 10 heavy (non-hydrogen) atoms. The van der Waals surface area contributed by atoms with Gasteiger partial charge in [0.15, 0.2) is 0 Å². The van der Waals surface area contributed by atoms with Crippen LogP contribution in [0.3, 0.4) is 0 Å². The SMILES string of the molecule is CCCCOC(C)(N)CC. The highest BCUT2D eigenvalue weighted by atomic mass is 16.5. The Bertz CT molecular complexity index is 81.3. The third-order valence-electron chi connectivity index (χ3n) is 1.63. The van der Waals surface area contributed by atoms with Crippen molar-refractivity contribution < 1.29 is 4.74 Å². The summed E-state index contributed by atoms with van der Waals surface area (Å²) in [5.74, 6) is 0. The Balaban J connectivity index is 3.28. The van der Waals surface area contributed by atoms with Gasteiger partial charge < -0.3 is 10.5 Å². The van der Waals surface area contributed by atoms with E-state index in [0.29, 0.717) is 0 Å². The van der Waals surface area contributed by atoms with E-state index in [1.807, 2.05) is 13.8 Å². The summed E-state index contributed by atoms with van der Waals surface area (Å²) in [6.45, 7) is 6.88. The summed E-state index contributed by atoms with van der Waals surface area (Å²) in [6.07, 6.45) is 3.14. The van der Waals surface area contributed by atoms with Gasteiger partial charge in [-0.15, -0.1) is 0 Å². The third-order valence-corrected chi connectivity index (χ3v) is 1.63. The number of rotatable bonds is 5. The molecule has 0 radical (unpaired) electrons. The highest BCUT2D eigenvalue weighted by Gasteiger charge is 2.14. The summed E-state index contributed by atoms with van der Waals surface area (Å²) in [4.78, 5) is 0. The smallest absolute Gasteiger partial charge is 0.113 e. The van der Waals surface area contributed by atoms with Crippen LogP contribution < -0.4 is 5.73 Å². The van der Waals surface area contributed by atoms with Gasteiger partial charge in [0, 0.05) is 6.61 Å². The van der Waals surface area contributed by atoms with E-state index < -0.39 is 5.72 Å². The maximum absolute atomic E-state index is 5.73. The number of hydrogen-bond donors (Lipinski definition) is 1. The molecule has 0 bridgehead atoms. The molecule has 0 aromatic heterocycles. The second-order valence-electron chi connectivity index (χ2n) is 2.87. The van der Waals surface area contributed by atoms with Crippen LogP contribution in [0.5, 0.6) is 0 Å². The van der Waals surface area contributed by atoms with E-state index in [0.717, 1.165) is 19.4 Å². The molecular weight excluding hydrogens is 126 g/mol. The third kappa shape index (κ3) is 4.77. The van der Waals surface area contributed by atoms with Gasteiger partial charge in [0.1, 0.15) is 5.72 Å². The van der Waals surface area contributed by atoms with Crippen LogP contribution in [0.4, 0.5) is 0 Å². The molecule has 62 valence electrons. The molecule has 0 heterocycles. The van der Waals surface area contributed by atoms with Gasteiger partial charge in [-0.25, -0.2) is 0 Å². The van der Waals surface area contributed by atoms with E-state index in [-0.39, 0.29) is 0 Å². The summed E-state index contributed by atoms with van der Waals surface area (Å²) in [6, 6.07) is 0. The van der Waals surface area contributed by atoms with E-state index in [4.69, 9.17) is 10.5 Å². The zero-order chi connectivity index (χ0) is 8.04. The first kappa shape index (κ1) is 9.92. The highest BCUT2D eigenvalue weighted by molar-refractivity contribution is 4.62. The van der Waals surface area contributed by atoms with Crippen LogP contribution >= 0.6 is 0 Å². The zero-order valence-electron chi connectivity index (χ0n) is 7.31. The lowest BCUT2D eigenvalue weighted by atomic mass is 10.2. The van der Waals surface area contributed by atoms with Gasteiger partial charge >= 0.3 is 0 Å². The first-order valence-electron chi connectivity index (χ1n) is 4.05. The normalized spacial score (nSPS) is 16.8. The van der Waals surface area contributed by atoms with Gasteiger partial charge in [-0.1, -0.05) is 20.3 Å². The second kappa shape index (κ2) is 4.69. The van der Waals surface area contributed by atoms with E-state index in [2.05, 4.69) is 6.92 Å². The van der Waals surface area contributed by atoms with Crippen molar-refractivity contribution in [3.8, 4) is 0 Å². The summed E-state index contributed by atoms with van der Waals surface area (Å²) in [5.41, 5.74) is 5.33. The topological polar surface area (TPSA) is 35.2 Å². The molecule has 0 saturated heterocycles. The number of ether oxygens (including phenoxy) is 1. The predicted octanol–water partition coefficient (Wildman–Crippen LogP) is 1.89. The van der Waals surface area contributed by atoms with Gasteiger partial charge in [-0.2, -0.15) is 0 Å². The molecule has 0 aliphatic heterocycles. The largest absolute Gasteiger partial charge is 0.361 e. The number of hydrogen-bond acceptors (Lipinski definition) is 2. The van der Waals surface area contributed by atoms with Gasteiger partial charge in [0.25, 0.3) is 0 Å². The Hall–Kier alpha value is -0.0800. The van der Waals surface area contributed by atoms with Crippen LogP contribution in [0, 0.1) is 0 Å². The van der Waals surface area contributed by atoms with Crippen LogP contribution in [-0.4, -0.2) is 12.3 Å². The summed E-state index contributed by atoms with van der Waals surface area (Å²) >= 11 is 0. The molecule has 2 heteroatoms. The van der Waals surface area contributed by atoms with Crippen molar-refractivity contribution in [3.63, 3.8) is 0 Å². The monoisotopic (exact) mass is 145 g/mol. The van der Waals surface area contributed by atoms with Crippen molar-refractivity contribution in [2.45, 2.75) is 45.8 Å². The fourth-order valence-corrected chi connectivity index (χ4v) is 0.552. The van der Waals surface area contributed by atoms with Crippen molar-refractivity contribution in [3.05, 3.63) is 0 Å². The zero-order valence-corrected chi connectivity index (χ0v) is 7.31. The van der Waals surface area contributed by atoms with E-state index in [1.165, 1.54) is 6.42 Å². The lowest BCUT2D eigenvalue weighted by Crippen LogP contribution is -2.38. The summed E-state index contributed by atoms with van der Waals surface area (Å²) < 4.78 is 5.40. The van der Waals surface area contributed by atoms with Crippen LogP contribution in [-0.2, 0) is 4.74 Å². The van der Waals surface area contributed by atoms with Crippen LogP contribution in [0.2, 0.25) is 0 Å². The van der Waals surface area contributed by atoms with Gasteiger partial charge in [-0.3, -0.25) is 0 Å². The highest BCUT2D eigenvalue weighted by Crippen LogP contribution is 2.06. The minimum absolute atomic E-state index is 0.408. The maximum atomic E-state index is 5.73. The van der Waals surface area contributed by atoms with Crippen molar-refractivity contribution in [2.75, 3.05) is 6.61 Å². The maximum Gasteiger partial charge on any atom is 0.113 e. The van der Waals surface area contributed by atoms with Crippen molar-refractivity contribution in [1.29, 1.82) is 0 Å². The van der Waals surface area contributed by atoms with Crippen molar-refractivity contribution in [1.82, 2.24) is 0 Å². The summed E-state index contributed by atoms with van der Waals surface area (Å²) in [7, 11) is 0. The van der Waals surface area contributed by atoms with Crippen molar-refractivity contribution >= 4 is 0 Å². The van der Waals surface area contributed by atoms with Crippen LogP contribution in [0.1, 0.15) is 40.0 Å².